The third-order valence-electron chi connectivity index (χ3n) is 4.40. The van der Waals surface area contributed by atoms with Crippen LogP contribution < -0.4 is 5.01 Å². The number of fused-ring (bicyclic) bond motifs is 1. The lowest BCUT2D eigenvalue weighted by Gasteiger charge is -2.29. The van der Waals surface area contributed by atoms with E-state index in [4.69, 9.17) is 21.7 Å². The van der Waals surface area contributed by atoms with Crippen molar-refractivity contribution < 1.29 is 19.4 Å². The van der Waals surface area contributed by atoms with Gasteiger partial charge in [-0.15, -0.1) is 0 Å². The molecule has 1 saturated heterocycles. The first-order chi connectivity index (χ1) is 13.1. The maximum Gasteiger partial charge on any atom is 0.357 e. The molecule has 0 atom stereocenters. The van der Waals surface area contributed by atoms with Crippen molar-refractivity contribution in [2.45, 2.75) is 0 Å². The average molecular weight is 403 g/mol. The maximum absolute atomic E-state index is 12.2. The summed E-state index contributed by atoms with van der Waals surface area (Å²) in [4.78, 5) is 17.1. The van der Waals surface area contributed by atoms with Gasteiger partial charge in [-0.3, -0.25) is 0 Å². The second-order valence-corrected chi connectivity index (χ2v) is 7.64. The van der Waals surface area contributed by atoms with Gasteiger partial charge >= 0.3 is 5.97 Å². The molecule has 3 heterocycles. The molecule has 9 heteroatoms. The molecule has 1 aromatic carbocycles. The molecule has 0 aliphatic carbocycles. The molecule has 0 radical (unpaired) electrons. The number of aromatic hydroxyl groups is 1. The van der Waals surface area contributed by atoms with Gasteiger partial charge < -0.3 is 19.6 Å². The lowest BCUT2D eigenvalue weighted by atomic mass is 10.0. The van der Waals surface area contributed by atoms with Crippen LogP contribution in [-0.2, 0) is 14.3 Å². The van der Waals surface area contributed by atoms with E-state index in [0.29, 0.717) is 46.4 Å². The predicted octanol–water partition coefficient (Wildman–Crippen LogP) is 2.75. The third-order valence-corrected chi connectivity index (χ3v) is 5.69. The molecule has 1 aromatic heterocycles. The Bertz CT molecular complexity index is 1020. The number of carbonyl (C=O) groups is 1. The van der Waals surface area contributed by atoms with Gasteiger partial charge in [-0.05, 0) is 24.4 Å². The van der Waals surface area contributed by atoms with Gasteiger partial charge in [-0.2, -0.15) is 0 Å². The number of aromatic nitrogens is 1. The number of hydrogen-bond donors (Lipinski definition) is 1. The van der Waals surface area contributed by atoms with Gasteiger partial charge in [0.25, 0.3) is 0 Å². The predicted molar refractivity (Wildman–Crippen MR) is 107 cm³/mol. The monoisotopic (exact) mass is 403 g/mol. The van der Waals surface area contributed by atoms with Crippen LogP contribution in [0.5, 0.6) is 5.88 Å². The Morgan fingerprint density at radius 1 is 1.37 bits per heavy atom. The number of rotatable bonds is 3. The molecule has 4 rings (SSSR count). The van der Waals surface area contributed by atoms with E-state index in [2.05, 4.69) is 4.99 Å². The summed E-state index contributed by atoms with van der Waals surface area (Å²) in [5, 5.41) is 12.7. The zero-order chi connectivity index (χ0) is 19.0. The Hall–Kier alpha value is -2.49. The topological polar surface area (TPSA) is 76.3 Å². The summed E-state index contributed by atoms with van der Waals surface area (Å²) in [5.41, 5.74) is 2.34. The van der Waals surface area contributed by atoms with E-state index >= 15 is 0 Å². The third kappa shape index (κ3) is 3.18. The molecule has 140 valence electrons. The van der Waals surface area contributed by atoms with Crippen molar-refractivity contribution in [3.63, 3.8) is 0 Å². The van der Waals surface area contributed by atoms with Crippen molar-refractivity contribution in [2.24, 2.45) is 4.99 Å². The van der Waals surface area contributed by atoms with E-state index in [1.165, 1.54) is 18.4 Å². The van der Waals surface area contributed by atoms with Gasteiger partial charge in [0.2, 0.25) is 5.88 Å². The number of nitrogens with zero attached hydrogens (tertiary/aromatic N) is 3. The van der Waals surface area contributed by atoms with Crippen LogP contribution in [0.4, 0.5) is 5.69 Å². The lowest BCUT2D eigenvalue weighted by molar-refractivity contribution is -0.132. The number of para-hydroxylation sites is 1. The van der Waals surface area contributed by atoms with E-state index < -0.39 is 5.97 Å². The minimum Gasteiger partial charge on any atom is -0.492 e. The van der Waals surface area contributed by atoms with E-state index in [9.17, 15) is 9.90 Å². The normalized spacial score (nSPS) is 17.7. The summed E-state index contributed by atoms with van der Waals surface area (Å²) in [6.07, 6.45) is 1.74. The van der Waals surface area contributed by atoms with Crippen LogP contribution in [0.3, 0.4) is 0 Å². The van der Waals surface area contributed by atoms with Crippen LogP contribution in [0.15, 0.2) is 29.3 Å². The van der Waals surface area contributed by atoms with E-state index in [0.717, 1.165) is 5.56 Å². The highest BCUT2D eigenvalue weighted by atomic mass is 32.1. The number of methoxy groups -OCH3 is 1. The minimum atomic E-state index is -0.520. The Balaban J connectivity index is 1.80. The Kier molecular flexibility index (Phi) is 4.81. The van der Waals surface area contributed by atoms with Crippen molar-refractivity contribution >= 4 is 52.6 Å². The molecule has 1 fully saturated rings. The number of thiazole rings is 1. The molecule has 0 amide bonds. The zero-order valence-electron chi connectivity index (χ0n) is 14.5. The molecule has 27 heavy (non-hydrogen) atoms. The molecule has 0 bridgehead atoms. The van der Waals surface area contributed by atoms with Crippen LogP contribution in [0.2, 0.25) is 0 Å². The Labute approximate surface area is 164 Å². The number of aliphatic imine (C=N–C) groups is 1. The van der Waals surface area contributed by atoms with E-state index in [1.807, 2.05) is 29.3 Å². The van der Waals surface area contributed by atoms with Gasteiger partial charge in [0.05, 0.1) is 44.0 Å². The summed E-state index contributed by atoms with van der Waals surface area (Å²) in [5.74, 6) is -0.471. The molecular formula is C18H17N3O4S2. The van der Waals surface area contributed by atoms with Crippen molar-refractivity contribution in [1.29, 1.82) is 0 Å². The highest BCUT2D eigenvalue weighted by Crippen LogP contribution is 2.38. The fraction of sp³-hybridized carbons (Fsp3) is 0.278. The van der Waals surface area contributed by atoms with Crippen LogP contribution in [0, 0.1) is 3.95 Å². The first-order valence-corrected chi connectivity index (χ1v) is 9.59. The van der Waals surface area contributed by atoms with E-state index in [-0.39, 0.29) is 11.6 Å². The van der Waals surface area contributed by atoms with Crippen molar-refractivity contribution in [3.05, 3.63) is 38.7 Å². The van der Waals surface area contributed by atoms with Gasteiger partial charge in [0.15, 0.2) is 9.67 Å². The molecule has 7 nitrogen and oxygen atoms in total. The zero-order valence-corrected chi connectivity index (χ0v) is 16.2. The number of carbonyl (C=O) groups excluding carboxylic acids is 1. The smallest absolute Gasteiger partial charge is 0.357 e. The highest BCUT2D eigenvalue weighted by Gasteiger charge is 2.28. The van der Waals surface area contributed by atoms with Gasteiger partial charge in [0, 0.05) is 11.1 Å². The molecule has 2 aromatic rings. The number of esters is 1. The summed E-state index contributed by atoms with van der Waals surface area (Å²) in [7, 11) is 1.32. The van der Waals surface area contributed by atoms with Crippen molar-refractivity contribution in [2.75, 3.05) is 38.4 Å². The van der Waals surface area contributed by atoms with Gasteiger partial charge in [-0.25, -0.2) is 14.5 Å². The molecular weight excluding hydrogens is 386 g/mol. The summed E-state index contributed by atoms with van der Waals surface area (Å²) in [6.45, 7) is 2.46. The van der Waals surface area contributed by atoms with Crippen LogP contribution >= 0.6 is 23.6 Å². The average Bonchev–Trinajstić information content (AvgIpc) is 3.19. The number of hydrogen-bond acceptors (Lipinski definition) is 8. The molecule has 1 N–H and O–H groups in total. The summed E-state index contributed by atoms with van der Waals surface area (Å²) >= 11 is 6.73. The summed E-state index contributed by atoms with van der Waals surface area (Å²) in [6, 6.07) is 7.45. The van der Waals surface area contributed by atoms with E-state index in [1.54, 1.807) is 10.8 Å². The Morgan fingerprint density at radius 2 is 2.11 bits per heavy atom. The molecule has 0 spiro atoms. The largest absolute Gasteiger partial charge is 0.492 e. The first kappa shape index (κ1) is 17.9. The number of morpholine rings is 1. The fourth-order valence-electron chi connectivity index (χ4n) is 3.11. The first-order valence-electron chi connectivity index (χ1n) is 8.36. The Morgan fingerprint density at radius 3 is 2.85 bits per heavy atom. The number of ether oxygens (including phenoxy) is 2. The molecule has 2 aliphatic heterocycles. The minimum absolute atomic E-state index is 0.0491. The summed E-state index contributed by atoms with van der Waals surface area (Å²) < 4.78 is 12.4. The van der Waals surface area contributed by atoms with Crippen molar-refractivity contribution in [3.8, 4) is 5.88 Å². The van der Waals surface area contributed by atoms with Crippen LogP contribution in [0.1, 0.15) is 10.4 Å². The molecule has 0 unspecified atom stereocenters. The lowest BCUT2D eigenvalue weighted by Crippen LogP contribution is -2.43. The van der Waals surface area contributed by atoms with Gasteiger partial charge in [-0.1, -0.05) is 29.5 Å². The number of benzene rings is 1. The second-order valence-electron chi connectivity index (χ2n) is 5.96. The quantitative estimate of drug-likeness (QED) is 0.627. The highest BCUT2D eigenvalue weighted by molar-refractivity contribution is 7.73. The van der Waals surface area contributed by atoms with Gasteiger partial charge in [0.1, 0.15) is 0 Å². The molecule has 2 aliphatic rings. The van der Waals surface area contributed by atoms with Crippen LogP contribution in [0.25, 0.3) is 11.6 Å². The van der Waals surface area contributed by atoms with Crippen LogP contribution in [-0.4, -0.2) is 54.9 Å². The van der Waals surface area contributed by atoms with Crippen molar-refractivity contribution in [1.82, 2.24) is 4.68 Å². The molecule has 0 saturated carbocycles. The maximum atomic E-state index is 12.2. The fourth-order valence-corrected chi connectivity index (χ4v) is 4.41. The standard InChI is InChI=1S/C18H17N3O4S2/c1-24-17(23)15-12(11-4-2-3-5-13(11)19-15)10-14-16(22)21(18(26)27-14)20-6-8-25-9-7-20/h2-5,10,22H,6-9H2,1H3. The SMILES string of the molecule is COC(=O)C1=Nc2ccccc2C1=Cc1sc(=S)n(N2CCOCC2)c1O. The second kappa shape index (κ2) is 7.26.